The van der Waals surface area contributed by atoms with Crippen LogP contribution >= 0.6 is 0 Å². The van der Waals surface area contributed by atoms with E-state index in [0.717, 1.165) is 11.1 Å². The van der Waals surface area contributed by atoms with E-state index in [-0.39, 0.29) is 5.56 Å². The average Bonchev–Trinajstić information content (AvgIpc) is 2.38. The average molecular weight is 243 g/mol. The number of carboxylic acids is 1. The number of rotatable bonds is 4. The normalized spacial score (nSPS) is 10.1. The van der Waals surface area contributed by atoms with Crippen molar-refractivity contribution in [3.8, 4) is 0 Å². The van der Waals surface area contributed by atoms with E-state index in [0.29, 0.717) is 12.4 Å². The second-order valence-electron chi connectivity index (χ2n) is 3.86. The highest BCUT2D eigenvalue weighted by Crippen LogP contribution is 2.13. The van der Waals surface area contributed by atoms with E-state index in [9.17, 15) is 4.79 Å². The number of aromatic nitrogens is 2. The van der Waals surface area contributed by atoms with Crippen molar-refractivity contribution >= 4 is 11.8 Å². The Bertz CT molecular complexity index is 570. The molecule has 0 aliphatic carbocycles. The highest BCUT2D eigenvalue weighted by molar-refractivity contribution is 5.92. The maximum Gasteiger partial charge on any atom is 0.339 e. The number of carbonyl (C=O) groups is 1. The standard InChI is InChI=1S/C13H13N3O2/c1-9-4-6-14-7-10(9)8-16-12-11(13(17)18)3-2-5-15-12/h2-7H,8H2,1H3,(H,15,16)(H,17,18). The first kappa shape index (κ1) is 12.0. The fourth-order valence-electron chi connectivity index (χ4n) is 1.58. The predicted molar refractivity (Wildman–Crippen MR) is 67.5 cm³/mol. The minimum Gasteiger partial charge on any atom is -0.478 e. The number of pyridine rings is 2. The maximum absolute atomic E-state index is 11.0. The van der Waals surface area contributed by atoms with Crippen molar-refractivity contribution < 1.29 is 9.90 Å². The third-order valence-electron chi connectivity index (χ3n) is 2.63. The number of anilines is 1. The molecule has 0 saturated heterocycles. The van der Waals surface area contributed by atoms with Gasteiger partial charge in [0.1, 0.15) is 11.4 Å². The number of carboxylic acid groups (broad SMARTS) is 1. The van der Waals surface area contributed by atoms with Crippen LogP contribution in [0.3, 0.4) is 0 Å². The van der Waals surface area contributed by atoms with Gasteiger partial charge in [0, 0.05) is 25.1 Å². The van der Waals surface area contributed by atoms with Crippen LogP contribution in [0, 0.1) is 6.92 Å². The first-order valence-corrected chi connectivity index (χ1v) is 5.50. The second-order valence-corrected chi connectivity index (χ2v) is 3.86. The van der Waals surface area contributed by atoms with E-state index in [1.807, 2.05) is 13.0 Å². The van der Waals surface area contributed by atoms with Gasteiger partial charge in [-0.3, -0.25) is 4.98 Å². The molecule has 2 aromatic rings. The third kappa shape index (κ3) is 2.63. The Kier molecular flexibility index (Phi) is 3.52. The zero-order valence-corrected chi connectivity index (χ0v) is 9.92. The molecule has 0 saturated carbocycles. The van der Waals surface area contributed by atoms with Gasteiger partial charge in [0.25, 0.3) is 0 Å². The van der Waals surface area contributed by atoms with Gasteiger partial charge in [0.15, 0.2) is 0 Å². The van der Waals surface area contributed by atoms with Crippen LogP contribution in [0.15, 0.2) is 36.8 Å². The number of aryl methyl sites for hydroxylation is 1. The molecule has 0 aliphatic heterocycles. The Morgan fingerprint density at radius 3 is 2.94 bits per heavy atom. The number of aromatic carboxylic acids is 1. The summed E-state index contributed by atoms with van der Waals surface area (Å²) in [6.07, 6.45) is 5.04. The van der Waals surface area contributed by atoms with E-state index in [1.54, 1.807) is 24.7 Å². The van der Waals surface area contributed by atoms with Crippen molar-refractivity contribution in [2.75, 3.05) is 5.32 Å². The van der Waals surface area contributed by atoms with Crippen LogP contribution in [0.2, 0.25) is 0 Å². The van der Waals surface area contributed by atoms with Gasteiger partial charge in [-0.1, -0.05) is 0 Å². The molecule has 0 aliphatic rings. The van der Waals surface area contributed by atoms with E-state index in [4.69, 9.17) is 5.11 Å². The second kappa shape index (κ2) is 5.27. The fraction of sp³-hybridized carbons (Fsp3) is 0.154. The van der Waals surface area contributed by atoms with Gasteiger partial charge in [0.2, 0.25) is 0 Å². The summed E-state index contributed by atoms with van der Waals surface area (Å²) < 4.78 is 0. The molecule has 0 radical (unpaired) electrons. The van der Waals surface area contributed by atoms with Crippen molar-refractivity contribution in [3.05, 3.63) is 53.5 Å². The molecular formula is C13H13N3O2. The smallest absolute Gasteiger partial charge is 0.339 e. The Hall–Kier alpha value is -2.43. The minimum atomic E-state index is -0.992. The van der Waals surface area contributed by atoms with E-state index in [2.05, 4.69) is 15.3 Å². The largest absolute Gasteiger partial charge is 0.478 e. The molecule has 0 unspecified atom stereocenters. The third-order valence-corrected chi connectivity index (χ3v) is 2.63. The highest BCUT2D eigenvalue weighted by atomic mass is 16.4. The molecule has 0 atom stereocenters. The van der Waals surface area contributed by atoms with Crippen LogP contribution in [-0.4, -0.2) is 21.0 Å². The minimum absolute atomic E-state index is 0.166. The first-order valence-electron chi connectivity index (χ1n) is 5.50. The Labute approximate surface area is 105 Å². The molecule has 5 nitrogen and oxygen atoms in total. The lowest BCUT2D eigenvalue weighted by Crippen LogP contribution is -2.08. The van der Waals surface area contributed by atoms with E-state index >= 15 is 0 Å². The lowest BCUT2D eigenvalue weighted by Gasteiger charge is -2.09. The molecule has 2 rings (SSSR count). The molecule has 0 aromatic carbocycles. The lowest BCUT2D eigenvalue weighted by molar-refractivity contribution is 0.0697. The molecule has 92 valence electrons. The predicted octanol–water partition coefficient (Wildman–Crippen LogP) is 2.10. The summed E-state index contributed by atoms with van der Waals surface area (Å²) in [6.45, 7) is 2.48. The van der Waals surface area contributed by atoms with Crippen molar-refractivity contribution in [3.63, 3.8) is 0 Å². The van der Waals surface area contributed by atoms with Crippen LogP contribution in [0.25, 0.3) is 0 Å². The Morgan fingerprint density at radius 2 is 2.22 bits per heavy atom. The summed E-state index contributed by atoms with van der Waals surface area (Å²) in [5, 5.41) is 12.0. The van der Waals surface area contributed by atoms with E-state index in [1.165, 1.54) is 6.07 Å². The molecule has 5 heteroatoms. The highest BCUT2D eigenvalue weighted by Gasteiger charge is 2.10. The van der Waals surface area contributed by atoms with Crippen LogP contribution in [0.1, 0.15) is 21.5 Å². The van der Waals surface area contributed by atoms with Crippen molar-refractivity contribution in [1.29, 1.82) is 0 Å². The van der Waals surface area contributed by atoms with Crippen LogP contribution in [0.4, 0.5) is 5.82 Å². The summed E-state index contributed by atoms with van der Waals surface area (Å²) in [5.74, 6) is -0.623. The van der Waals surface area contributed by atoms with Crippen molar-refractivity contribution in [2.45, 2.75) is 13.5 Å². The van der Waals surface area contributed by atoms with Crippen molar-refractivity contribution in [2.24, 2.45) is 0 Å². The number of hydrogen-bond donors (Lipinski definition) is 2. The SMILES string of the molecule is Cc1ccncc1CNc1ncccc1C(=O)O. The molecule has 2 heterocycles. The van der Waals surface area contributed by atoms with Gasteiger partial charge < -0.3 is 10.4 Å². The van der Waals surface area contributed by atoms with Gasteiger partial charge in [-0.25, -0.2) is 9.78 Å². The molecule has 18 heavy (non-hydrogen) atoms. The summed E-state index contributed by atoms with van der Waals surface area (Å²) >= 11 is 0. The number of nitrogens with zero attached hydrogens (tertiary/aromatic N) is 2. The van der Waals surface area contributed by atoms with Crippen molar-refractivity contribution in [1.82, 2.24) is 9.97 Å². The Balaban J connectivity index is 2.16. The molecule has 2 aromatic heterocycles. The van der Waals surface area contributed by atoms with Gasteiger partial charge in [-0.15, -0.1) is 0 Å². The van der Waals surface area contributed by atoms with Gasteiger partial charge in [-0.2, -0.15) is 0 Å². The lowest BCUT2D eigenvalue weighted by atomic mass is 10.1. The topological polar surface area (TPSA) is 75.1 Å². The van der Waals surface area contributed by atoms with Crippen LogP contribution in [0.5, 0.6) is 0 Å². The molecule has 2 N–H and O–H groups in total. The monoisotopic (exact) mass is 243 g/mol. The zero-order valence-electron chi connectivity index (χ0n) is 9.92. The van der Waals surface area contributed by atoms with Crippen LogP contribution in [-0.2, 0) is 6.54 Å². The van der Waals surface area contributed by atoms with E-state index < -0.39 is 5.97 Å². The number of nitrogens with one attached hydrogen (secondary N) is 1. The fourth-order valence-corrected chi connectivity index (χ4v) is 1.58. The summed E-state index contributed by atoms with van der Waals surface area (Å²) in [6, 6.07) is 5.03. The molecular weight excluding hydrogens is 230 g/mol. The Morgan fingerprint density at radius 1 is 1.39 bits per heavy atom. The summed E-state index contributed by atoms with van der Waals surface area (Å²) in [4.78, 5) is 19.1. The van der Waals surface area contributed by atoms with Gasteiger partial charge >= 0.3 is 5.97 Å². The summed E-state index contributed by atoms with van der Waals surface area (Å²) in [5.41, 5.74) is 2.28. The molecule has 0 bridgehead atoms. The quantitative estimate of drug-likeness (QED) is 0.860. The number of hydrogen-bond acceptors (Lipinski definition) is 4. The molecule has 0 amide bonds. The molecule has 0 fully saturated rings. The van der Waals surface area contributed by atoms with Gasteiger partial charge in [0.05, 0.1) is 0 Å². The zero-order chi connectivity index (χ0) is 13.0. The van der Waals surface area contributed by atoms with Crippen LogP contribution < -0.4 is 5.32 Å². The molecule has 0 spiro atoms. The first-order chi connectivity index (χ1) is 8.68. The van der Waals surface area contributed by atoms with Gasteiger partial charge in [-0.05, 0) is 36.2 Å². The summed E-state index contributed by atoms with van der Waals surface area (Å²) in [7, 11) is 0. The maximum atomic E-state index is 11.0.